The summed E-state index contributed by atoms with van der Waals surface area (Å²) in [5, 5.41) is 7.91. The lowest BCUT2D eigenvalue weighted by molar-refractivity contribution is -0.123. The van der Waals surface area contributed by atoms with Crippen molar-refractivity contribution in [3.05, 3.63) is 91.9 Å². The first-order valence-electron chi connectivity index (χ1n) is 11.9. The van der Waals surface area contributed by atoms with Gasteiger partial charge in [-0.15, -0.1) is 0 Å². The summed E-state index contributed by atoms with van der Waals surface area (Å²) in [5.74, 6) is 0.442. The summed E-state index contributed by atoms with van der Waals surface area (Å²) >= 11 is 6.90. The van der Waals surface area contributed by atoms with E-state index in [9.17, 15) is 9.59 Å². The van der Waals surface area contributed by atoms with Crippen LogP contribution in [0.5, 0.6) is 11.5 Å². The van der Waals surface area contributed by atoms with Crippen LogP contribution in [0.3, 0.4) is 0 Å². The van der Waals surface area contributed by atoms with E-state index in [0.29, 0.717) is 11.5 Å². The van der Waals surface area contributed by atoms with E-state index in [2.05, 4.69) is 66.8 Å². The number of ether oxygens (including phenoxy) is 2. The molecule has 0 atom stereocenters. The minimum Gasteiger partial charge on any atom is -0.483 e. The van der Waals surface area contributed by atoms with Gasteiger partial charge in [-0.2, -0.15) is 10.2 Å². The van der Waals surface area contributed by atoms with Gasteiger partial charge in [-0.05, 0) is 91.2 Å². The number of aryl methyl sites for hydroxylation is 2. The van der Waals surface area contributed by atoms with E-state index >= 15 is 0 Å². The number of benzene rings is 3. The molecule has 2 amide bonds. The van der Waals surface area contributed by atoms with Crippen LogP contribution in [0.2, 0.25) is 0 Å². The summed E-state index contributed by atoms with van der Waals surface area (Å²) in [6, 6.07) is 18.7. The molecular weight excluding hydrogens is 616 g/mol. The summed E-state index contributed by atoms with van der Waals surface area (Å²) in [5.41, 5.74) is 8.78. The molecule has 2 N–H and O–H groups in total. The second kappa shape index (κ2) is 15.0. The molecule has 0 aliphatic rings. The molecule has 0 aliphatic carbocycles. The average Bonchev–Trinajstić information content (AvgIpc) is 2.92. The molecule has 3 aromatic carbocycles. The zero-order chi connectivity index (χ0) is 27.3. The van der Waals surface area contributed by atoms with E-state index in [0.717, 1.165) is 32.9 Å². The zero-order valence-corrected chi connectivity index (χ0v) is 24.2. The van der Waals surface area contributed by atoms with Crippen molar-refractivity contribution >= 4 is 56.1 Å². The fraction of sp³-hybridized carbons (Fsp3) is 0.214. The fourth-order valence-electron chi connectivity index (χ4n) is 3.14. The first kappa shape index (κ1) is 29.1. The van der Waals surface area contributed by atoms with Crippen molar-refractivity contribution in [1.82, 2.24) is 10.9 Å². The Bertz CT molecular complexity index is 1210. The van der Waals surface area contributed by atoms with Crippen LogP contribution in [-0.4, -0.2) is 37.5 Å². The largest absolute Gasteiger partial charge is 0.483 e. The highest BCUT2D eigenvalue weighted by atomic mass is 79.9. The molecular formula is C28H28Br2N4O4. The molecule has 3 rings (SSSR count). The van der Waals surface area contributed by atoms with Gasteiger partial charge in [0, 0.05) is 0 Å². The molecule has 0 fully saturated rings. The number of carbonyl (C=O) groups is 2. The lowest BCUT2D eigenvalue weighted by Gasteiger charge is -2.08. The maximum Gasteiger partial charge on any atom is 0.277 e. The molecule has 8 nitrogen and oxygen atoms in total. The number of carbonyl (C=O) groups excluding carboxylic acids is 2. The van der Waals surface area contributed by atoms with Crippen molar-refractivity contribution in [3.8, 4) is 11.5 Å². The van der Waals surface area contributed by atoms with Crippen LogP contribution in [0.25, 0.3) is 0 Å². The molecule has 0 heterocycles. The maximum atomic E-state index is 12.0. The lowest BCUT2D eigenvalue weighted by Crippen LogP contribution is -2.24. The molecule has 10 heteroatoms. The SMILES string of the molecule is CCc1ccc(OCC(=O)NN=Cc2ccc(C=NNC(=O)COc3ccc(CC)cc3Br)cc2)c(Br)c1. The number of hydrogen-bond donors (Lipinski definition) is 2. The molecule has 0 radical (unpaired) electrons. The highest BCUT2D eigenvalue weighted by molar-refractivity contribution is 9.10. The Morgan fingerprint density at radius 2 is 1.11 bits per heavy atom. The Balaban J connectivity index is 1.38. The van der Waals surface area contributed by atoms with Crippen LogP contribution in [0, 0.1) is 0 Å². The van der Waals surface area contributed by atoms with E-state index in [1.54, 1.807) is 0 Å². The van der Waals surface area contributed by atoms with Crippen LogP contribution in [-0.2, 0) is 22.4 Å². The van der Waals surface area contributed by atoms with Crippen LogP contribution < -0.4 is 20.3 Å². The number of hydrazone groups is 2. The second-order valence-electron chi connectivity index (χ2n) is 8.07. The highest BCUT2D eigenvalue weighted by Crippen LogP contribution is 2.27. The first-order chi connectivity index (χ1) is 18.4. The molecule has 0 spiro atoms. The second-order valence-corrected chi connectivity index (χ2v) is 9.78. The Labute approximate surface area is 238 Å². The molecule has 38 heavy (non-hydrogen) atoms. The smallest absolute Gasteiger partial charge is 0.277 e. The molecule has 3 aromatic rings. The van der Waals surface area contributed by atoms with Gasteiger partial charge in [0.05, 0.1) is 21.4 Å². The van der Waals surface area contributed by atoms with E-state index in [1.165, 1.54) is 23.6 Å². The number of halogens is 2. The van der Waals surface area contributed by atoms with Crippen molar-refractivity contribution < 1.29 is 19.1 Å². The quantitative estimate of drug-likeness (QED) is 0.204. The highest BCUT2D eigenvalue weighted by Gasteiger charge is 2.07. The van der Waals surface area contributed by atoms with Crippen molar-refractivity contribution in [1.29, 1.82) is 0 Å². The van der Waals surface area contributed by atoms with Crippen molar-refractivity contribution in [2.45, 2.75) is 26.7 Å². The monoisotopic (exact) mass is 642 g/mol. The van der Waals surface area contributed by atoms with Crippen LogP contribution in [0.1, 0.15) is 36.1 Å². The lowest BCUT2D eigenvalue weighted by atomic mass is 10.2. The minimum absolute atomic E-state index is 0.157. The van der Waals surface area contributed by atoms with Crippen molar-refractivity contribution in [2.24, 2.45) is 10.2 Å². The predicted molar refractivity (Wildman–Crippen MR) is 156 cm³/mol. The van der Waals surface area contributed by atoms with Gasteiger partial charge in [0.2, 0.25) is 0 Å². The molecule has 0 bridgehead atoms. The van der Waals surface area contributed by atoms with Gasteiger partial charge < -0.3 is 9.47 Å². The summed E-state index contributed by atoms with van der Waals surface area (Å²) in [4.78, 5) is 24.0. The van der Waals surface area contributed by atoms with Crippen LogP contribution >= 0.6 is 31.9 Å². The Kier molecular flexibility index (Phi) is 11.5. The molecule has 0 unspecified atom stereocenters. The van der Waals surface area contributed by atoms with E-state index < -0.39 is 0 Å². The van der Waals surface area contributed by atoms with E-state index in [-0.39, 0.29) is 25.0 Å². The number of amides is 2. The summed E-state index contributed by atoms with van der Waals surface area (Å²) < 4.78 is 12.7. The summed E-state index contributed by atoms with van der Waals surface area (Å²) in [7, 11) is 0. The molecule has 198 valence electrons. The van der Waals surface area contributed by atoms with Gasteiger partial charge in [0.1, 0.15) is 11.5 Å². The standard InChI is InChI=1S/C28H28Br2N4O4/c1-3-19-9-11-25(23(29)13-19)37-17-27(35)33-31-15-21-5-7-22(8-6-21)16-32-34-28(36)18-38-26-12-10-20(4-2)14-24(26)30/h5-16H,3-4,17-18H2,1-2H3,(H,33,35)(H,34,36). The van der Waals surface area contributed by atoms with Crippen LogP contribution in [0.15, 0.2) is 79.8 Å². The average molecular weight is 644 g/mol. The fourth-order valence-corrected chi connectivity index (χ4v) is 4.22. The summed E-state index contributed by atoms with van der Waals surface area (Å²) in [6.45, 7) is 3.83. The van der Waals surface area contributed by atoms with E-state index in [4.69, 9.17) is 9.47 Å². The zero-order valence-electron chi connectivity index (χ0n) is 21.0. The Morgan fingerprint density at radius 3 is 1.45 bits per heavy atom. The number of rotatable bonds is 12. The number of nitrogens with zero attached hydrogens (tertiary/aromatic N) is 2. The molecule has 0 saturated carbocycles. The third-order valence-corrected chi connectivity index (χ3v) is 6.51. The van der Waals surface area contributed by atoms with Crippen LogP contribution in [0.4, 0.5) is 0 Å². The predicted octanol–water partition coefficient (Wildman–Crippen LogP) is 5.39. The van der Waals surface area contributed by atoms with Gasteiger partial charge >= 0.3 is 0 Å². The van der Waals surface area contributed by atoms with Gasteiger partial charge in [0.25, 0.3) is 11.8 Å². The van der Waals surface area contributed by atoms with Gasteiger partial charge in [-0.3, -0.25) is 9.59 Å². The van der Waals surface area contributed by atoms with Gasteiger partial charge in [-0.25, -0.2) is 10.9 Å². The topological polar surface area (TPSA) is 101 Å². The van der Waals surface area contributed by atoms with Gasteiger partial charge in [-0.1, -0.05) is 50.2 Å². The van der Waals surface area contributed by atoms with Gasteiger partial charge in [0.15, 0.2) is 13.2 Å². The Morgan fingerprint density at radius 1 is 0.711 bits per heavy atom. The first-order valence-corrected chi connectivity index (χ1v) is 13.5. The minimum atomic E-state index is -0.374. The Hall–Kier alpha value is -3.50. The third kappa shape index (κ3) is 9.42. The number of nitrogens with one attached hydrogen (secondary N) is 2. The van der Waals surface area contributed by atoms with Crippen molar-refractivity contribution in [3.63, 3.8) is 0 Å². The van der Waals surface area contributed by atoms with E-state index in [1.807, 2.05) is 60.7 Å². The number of hydrogen-bond acceptors (Lipinski definition) is 6. The molecule has 0 aromatic heterocycles. The maximum absolute atomic E-state index is 12.0. The third-order valence-electron chi connectivity index (χ3n) is 5.27. The molecule has 0 aliphatic heterocycles. The normalized spacial score (nSPS) is 11.1. The van der Waals surface area contributed by atoms with Crippen molar-refractivity contribution in [2.75, 3.05) is 13.2 Å². The summed E-state index contributed by atoms with van der Waals surface area (Å²) in [6.07, 6.45) is 4.88. The molecule has 0 saturated heterocycles.